The minimum Gasteiger partial charge on any atom is -0.337 e. The molecule has 2 aliphatic rings. The molecule has 6 nitrogen and oxygen atoms in total. The highest BCUT2D eigenvalue weighted by molar-refractivity contribution is 5.96. The van der Waals surface area contributed by atoms with Gasteiger partial charge in [0.25, 0.3) is 11.6 Å². The zero-order valence-electron chi connectivity index (χ0n) is 12.0. The van der Waals surface area contributed by atoms with Crippen LogP contribution in [0.1, 0.15) is 28.8 Å². The molecule has 0 saturated carbocycles. The van der Waals surface area contributed by atoms with Crippen LogP contribution in [0.5, 0.6) is 0 Å². The molecule has 0 spiro atoms. The van der Waals surface area contributed by atoms with Gasteiger partial charge in [-0.2, -0.15) is 0 Å². The highest BCUT2D eigenvalue weighted by Crippen LogP contribution is 2.27. The van der Waals surface area contributed by atoms with E-state index in [1.54, 1.807) is 13.0 Å². The van der Waals surface area contributed by atoms with Gasteiger partial charge in [0.05, 0.1) is 4.92 Å². The Bertz CT molecular complexity index is 574. The normalized spacial score (nSPS) is 24.7. The number of non-ortho nitro benzene ring substituents is 1. The van der Waals surface area contributed by atoms with Crippen molar-refractivity contribution >= 4 is 11.6 Å². The van der Waals surface area contributed by atoms with Gasteiger partial charge in [-0.3, -0.25) is 14.9 Å². The number of nitro groups is 1. The van der Waals surface area contributed by atoms with Crippen molar-refractivity contribution < 1.29 is 9.72 Å². The highest BCUT2D eigenvalue weighted by atomic mass is 16.6. The third-order valence-corrected chi connectivity index (χ3v) is 4.54. The molecule has 0 aromatic heterocycles. The molecular weight excluding hydrogens is 270 g/mol. The Morgan fingerprint density at radius 1 is 1.43 bits per heavy atom. The second kappa shape index (κ2) is 5.44. The van der Waals surface area contributed by atoms with E-state index in [9.17, 15) is 14.9 Å². The van der Waals surface area contributed by atoms with Gasteiger partial charge in [0, 0.05) is 36.8 Å². The number of aryl methyl sites for hydroxylation is 1. The Hall–Kier alpha value is -1.95. The van der Waals surface area contributed by atoms with Crippen LogP contribution in [0.2, 0.25) is 0 Å². The van der Waals surface area contributed by atoms with Crippen molar-refractivity contribution in [3.05, 3.63) is 39.4 Å². The highest BCUT2D eigenvalue weighted by Gasteiger charge is 2.36. The molecule has 0 aliphatic carbocycles. The summed E-state index contributed by atoms with van der Waals surface area (Å²) in [6, 6.07) is 4.85. The van der Waals surface area contributed by atoms with Crippen molar-refractivity contribution in [1.82, 2.24) is 10.2 Å². The number of fused-ring (bicyclic) bond motifs is 1. The number of piperidine rings is 1. The number of carbonyl (C=O) groups is 1. The van der Waals surface area contributed by atoms with Gasteiger partial charge in [0.2, 0.25) is 0 Å². The van der Waals surface area contributed by atoms with Gasteiger partial charge in [-0.25, -0.2) is 0 Å². The average molecular weight is 289 g/mol. The molecule has 1 N–H and O–H groups in total. The Labute approximate surface area is 123 Å². The number of nitrogens with zero attached hydrogens (tertiary/aromatic N) is 2. The maximum atomic E-state index is 12.6. The van der Waals surface area contributed by atoms with Gasteiger partial charge in [-0.1, -0.05) is 0 Å². The minimum absolute atomic E-state index is 0.0152. The van der Waals surface area contributed by atoms with Crippen LogP contribution in [0.4, 0.5) is 5.69 Å². The molecule has 2 atom stereocenters. The van der Waals surface area contributed by atoms with Crippen LogP contribution >= 0.6 is 0 Å². The zero-order valence-corrected chi connectivity index (χ0v) is 12.0. The molecule has 2 saturated heterocycles. The summed E-state index contributed by atoms with van der Waals surface area (Å²) in [5.74, 6) is 0.527. The molecule has 0 bridgehead atoms. The van der Waals surface area contributed by atoms with Crippen LogP contribution in [-0.2, 0) is 0 Å². The number of nitro benzene ring substituents is 1. The second-order valence-electron chi connectivity index (χ2n) is 5.93. The van der Waals surface area contributed by atoms with Crippen LogP contribution in [0.3, 0.4) is 0 Å². The quantitative estimate of drug-likeness (QED) is 0.664. The lowest BCUT2D eigenvalue weighted by molar-refractivity contribution is -0.384. The van der Waals surface area contributed by atoms with E-state index in [1.807, 2.05) is 4.90 Å². The predicted octanol–water partition coefficient (Wildman–Crippen LogP) is 1.73. The lowest BCUT2D eigenvalue weighted by atomic mass is 9.94. The summed E-state index contributed by atoms with van der Waals surface area (Å²) < 4.78 is 0. The summed E-state index contributed by atoms with van der Waals surface area (Å²) in [6.07, 6.45) is 2.33. The number of rotatable bonds is 2. The molecule has 21 heavy (non-hydrogen) atoms. The van der Waals surface area contributed by atoms with E-state index in [0.29, 0.717) is 23.1 Å². The minimum atomic E-state index is -0.435. The second-order valence-corrected chi connectivity index (χ2v) is 5.93. The van der Waals surface area contributed by atoms with E-state index in [4.69, 9.17) is 0 Å². The monoisotopic (exact) mass is 289 g/mol. The number of nitrogens with one attached hydrogen (secondary N) is 1. The van der Waals surface area contributed by atoms with Crippen LogP contribution in [0.15, 0.2) is 18.2 Å². The third-order valence-electron chi connectivity index (χ3n) is 4.54. The Balaban J connectivity index is 1.78. The van der Waals surface area contributed by atoms with Gasteiger partial charge in [0.15, 0.2) is 0 Å². The fourth-order valence-corrected chi connectivity index (χ4v) is 3.38. The molecule has 1 aromatic rings. The molecule has 112 valence electrons. The van der Waals surface area contributed by atoms with Crippen molar-refractivity contribution in [1.29, 1.82) is 0 Å². The van der Waals surface area contributed by atoms with Crippen molar-refractivity contribution in [2.24, 2.45) is 5.92 Å². The fraction of sp³-hybridized carbons (Fsp3) is 0.533. The molecule has 6 heteroatoms. The molecule has 0 unspecified atom stereocenters. The summed E-state index contributed by atoms with van der Waals surface area (Å²) in [6.45, 7) is 4.30. The number of amides is 1. The van der Waals surface area contributed by atoms with Gasteiger partial charge in [-0.05, 0) is 43.9 Å². The molecule has 2 aliphatic heterocycles. The van der Waals surface area contributed by atoms with Crippen LogP contribution in [-0.4, -0.2) is 41.4 Å². The first-order valence-electron chi connectivity index (χ1n) is 7.34. The first-order valence-corrected chi connectivity index (χ1v) is 7.34. The smallest absolute Gasteiger partial charge is 0.269 e. The van der Waals surface area contributed by atoms with E-state index in [-0.39, 0.29) is 11.6 Å². The first-order chi connectivity index (χ1) is 10.1. The van der Waals surface area contributed by atoms with Crippen molar-refractivity contribution in [3.63, 3.8) is 0 Å². The largest absolute Gasteiger partial charge is 0.337 e. The van der Waals surface area contributed by atoms with E-state index in [2.05, 4.69) is 5.32 Å². The molecule has 2 fully saturated rings. The van der Waals surface area contributed by atoms with Crippen LogP contribution in [0, 0.1) is 23.0 Å². The molecule has 1 amide bonds. The number of carbonyl (C=O) groups excluding carboxylic acids is 1. The maximum absolute atomic E-state index is 12.6. The standard InChI is InChI=1S/C15H19N3O3/c1-10-7-12(18(20)21)4-5-13(10)15(19)17-8-11-3-2-6-16-14(11)9-17/h4-5,7,11,14,16H,2-3,6,8-9H2,1H3/t11-,14+/m0/s1. The predicted molar refractivity (Wildman–Crippen MR) is 78.3 cm³/mol. The first kappa shape index (κ1) is 14.0. The van der Waals surface area contributed by atoms with E-state index in [0.717, 1.165) is 19.6 Å². The van der Waals surface area contributed by atoms with E-state index < -0.39 is 4.92 Å². The zero-order chi connectivity index (χ0) is 15.0. The average Bonchev–Trinajstić information content (AvgIpc) is 2.90. The topological polar surface area (TPSA) is 75.5 Å². The maximum Gasteiger partial charge on any atom is 0.269 e. The summed E-state index contributed by atoms with van der Waals surface area (Å²) in [5.41, 5.74) is 1.26. The van der Waals surface area contributed by atoms with Crippen molar-refractivity contribution in [2.45, 2.75) is 25.8 Å². The number of hydrogen-bond donors (Lipinski definition) is 1. The molecule has 2 heterocycles. The molecule has 3 rings (SSSR count). The Morgan fingerprint density at radius 2 is 2.24 bits per heavy atom. The number of likely N-dealkylation sites (tertiary alicyclic amines) is 1. The Morgan fingerprint density at radius 3 is 2.90 bits per heavy atom. The van der Waals surface area contributed by atoms with Gasteiger partial charge < -0.3 is 10.2 Å². The molecule has 1 aromatic carbocycles. The number of hydrogen-bond acceptors (Lipinski definition) is 4. The third kappa shape index (κ3) is 2.63. The Kier molecular flexibility index (Phi) is 3.63. The van der Waals surface area contributed by atoms with Crippen LogP contribution < -0.4 is 5.32 Å². The summed E-state index contributed by atoms with van der Waals surface area (Å²) in [5, 5.41) is 14.2. The van der Waals surface area contributed by atoms with Gasteiger partial charge >= 0.3 is 0 Å². The van der Waals surface area contributed by atoms with Crippen molar-refractivity contribution in [2.75, 3.05) is 19.6 Å². The molecule has 0 radical (unpaired) electrons. The molecular formula is C15H19N3O3. The van der Waals surface area contributed by atoms with E-state index >= 15 is 0 Å². The van der Waals surface area contributed by atoms with Gasteiger partial charge in [0.1, 0.15) is 0 Å². The number of benzene rings is 1. The summed E-state index contributed by atoms with van der Waals surface area (Å²) in [4.78, 5) is 24.8. The summed E-state index contributed by atoms with van der Waals surface area (Å²) in [7, 11) is 0. The van der Waals surface area contributed by atoms with Gasteiger partial charge in [-0.15, -0.1) is 0 Å². The van der Waals surface area contributed by atoms with E-state index in [1.165, 1.54) is 25.0 Å². The summed E-state index contributed by atoms with van der Waals surface area (Å²) >= 11 is 0. The lowest BCUT2D eigenvalue weighted by Gasteiger charge is -2.24. The van der Waals surface area contributed by atoms with Crippen molar-refractivity contribution in [3.8, 4) is 0 Å². The fourth-order valence-electron chi connectivity index (χ4n) is 3.38. The van der Waals surface area contributed by atoms with Crippen LogP contribution in [0.25, 0.3) is 0 Å². The lowest BCUT2D eigenvalue weighted by Crippen LogP contribution is -2.41. The SMILES string of the molecule is Cc1cc([N+](=O)[O-])ccc1C(=O)N1C[C@@H]2CCCN[C@@H]2C1.